The highest BCUT2D eigenvalue weighted by atomic mass is 79.9. The zero-order chi connectivity index (χ0) is 14.5. The minimum absolute atomic E-state index is 0.300. The van der Waals surface area contributed by atoms with Crippen molar-refractivity contribution in [1.82, 2.24) is 0 Å². The maximum atomic E-state index is 10.8. The lowest BCUT2D eigenvalue weighted by Crippen LogP contribution is -1.95. The maximum Gasteiger partial charge on any atom is 0.335 e. The Balaban J connectivity index is 2.08. The quantitative estimate of drug-likeness (QED) is 0.807. The number of aromatic carboxylic acids is 1. The number of carboxylic acids is 1. The number of ether oxygens (including phenoxy) is 1. The summed E-state index contributed by atoms with van der Waals surface area (Å²) in [6.07, 6.45) is 0. The van der Waals surface area contributed by atoms with Crippen molar-refractivity contribution in [1.29, 1.82) is 0 Å². The summed E-state index contributed by atoms with van der Waals surface area (Å²) in [5, 5.41) is 8.85. The molecule has 0 aliphatic carbocycles. The molecule has 1 N–H and O–H groups in total. The monoisotopic (exact) mass is 352 g/mol. The van der Waals surface area contributed by atoms with Crippen LogP contribution in [0.25, 0.3) is 0 Å². The lowest BCUT2D eigenvalue weighted by molar-refractivity contribution is 0.0697. The van der Waals surface area contributed by atoms with Gasteiger partial charge < -0.3 is 9.84 Å². The highest BCUT2D eigenvalue weighted by Gasteiger charge is 2.06. The smallest absolute Gasteiger partial charge is 0.335 e. The zero-order valence-electron chi connectivity index (χ0n) is 10.8. The Morgan fingerprint density at radius 1 is 1.25 bits per heavy atom. The number of carbonyl (C=O) groups is 1. The van der Waals surface area contributed by atoms with E-state index in [1.54, 1.807) is 31.0 Å². The van der Waals surface area contributed by atoms with E-state index in [0.29, 0.717) is 5.56 Å². The lowest BCUT2D eigenvalue weighted by Gasteiger charge is -2.09. The standard InChI is InChI=1S/C15H13BrO3S/c1-19-14-7-4-12(16)8-11(14)9-20-13-5-2-10(3-6-13)15(17)18/h2-8H,9H2,1H3,(H,17,18). The molecule has 0 heterocycles. The molecule has 0 aromatic heterocycles. The van der Waals surface area contributed by atoms with Crippen LogP contribution >= 0.6 is 27.7 Å². The Morgan fingerprint density at radius 2 is 1.95 bits per heavy atom. The fourth-order valence-electron chi connectivity index (χ4n) is 1.71. The molecule has 104 valence electrons. The molecule has 0 saturated carbocycles. The van der Waals surface area contributed by atoms with Crippen LogP contribution < -0.4 is 4.74 Å². The van der Waals surface area contributed by atoms with Crippen LogP contribution in [-0.2, 0) is 5.75 Å². The first-order valence-electron chi connectivity index (χ1n) is 5.88. The van der Waals surface area contributed by atoms with E-state index in [1.807, 2.05) is 30.3 Å². The zero-order valence-corrected chi connectivity index (χ0v) is 13.2. The molecule has 0 aliphatic rings. The van der Waals surface area contributed by atoms with Crippen molar-refractivity contribution in [2.75, 3.05) is 7.11 Å². The Bertz CT molecular complexity index is 611. The summed E-state index contributed by atoms with van der Waals surface area (Å²) >= 11 is 5.09. The summed E-state index contributed by atoms with van der Waals surface area (Å²) in [5.74, 6) is 0.702. The van der Waals surface area contributed by atoms with Crippen LogP contribution in [0.15, 0.2) is 51.8 Å². The number of rotatable bonds is 5. The summed E-state index contributed by atoms with van der Waals surface area (Å²) in [6, 6.07) is 12.8. The fraction of sp³-hybridized carbons (Fsp3) is 0.133. The highest BCUT2D eigenvalue weighted by Crippen LogP contribution is 2.30. The van der Waals surface area contributed by atoms with Gasteiger partial charge in [-0.05, 0) is 42.5 Å². The molecule has 2 aromatic carbocycles. The summed E-state index contributed by atoms with van der Waals surface area (Å²) < 4.78 is 6.34. The van der Waals surface area contributed by atoms with Crippen LogP contribution in [0.2, 0.25) is 0 Å². The number of carboxylic acid groups (broad SMARTS) is 1. The summed E-state index contributed by atoms with van der Waals surface area (Å²) in [7, 11) is 1.65. The summed E-state index contributed by atoms with van der Waals surface area (Å²) in [6.45, 7) is 0. The van der Waals surface area contributed by atoms with Crippen molar-refractivity contribution in [3.63, 3.8) is 0 Å². The van der Waals surface area contributed by atoms with E-state index in [0.717, 1.165) is 26.4 Å². The van der Waals surface area contributed by atoms with Crippen LogP contribution in [0.1, 0.15) is 15.9 Å². The average Bonchev–Trinajstić information content (AvgIpc) is 2.45. The topological polar surface area (TPSA) is 46.5 Å². The molecule has 2 aromatic rings. The second-order valence-corrected chi connectivity index (χ2v) is 6.04. The molecular formula is C15H13BrO3S. The van der Waals surface area contributed by atoms with Crippen LogP contribution in [0, 0.1) is 0 Å². The molecule has 2 rings (SSSR count). The van der Waals surface area contributed by atoms with Crippen LogP contribution in [0.5, 0.6) is 5.75 Å². The van der Waals surface area contributed by atoms with Gasteiger partial charge in [-0.15, -0.1) is 11.8 Å². The summed E-state index contributed by atoms with van der Waals surface area (Å²) in [4.78, 5) is 11.8. The minimum atomic E-state index is -0.907. The van der Waals surface area contributed by atoms with Gasteiger partial charge in [-0.3, -0.25) is 0 Å². The third-order valence-corrected chi connectivity index (χ3v) is 4.29. The molecule has 5 heteroatoms. The van der Waals surface area contributed by atoms with Crippen molar-refractivity contribution in [3.8, 4) is 5.75 Å². The van der Waals surface area contributed by atoms with Gasteiger partial charge in [0.05, 0.1) is 12.7 Å². The van der Waals surface area contributed by atoms with Gasteiger partial charge >= 0.3 is 5.97 Å². The van der Waals surface area contributed by atoms with Gasteiger partial charge in [-0.1, -0.05) is 15.9 Å². The minimum Gasteiger partial charge on any atom is -0.496 e. The van der Waals surface area contributed by atoms with Gasteiger partial charge in [0, 0.05) is 20.7 Å². The molecule has 3 nitrogen and oxygen atoms in total. The third kappa shape index (κ3) is 3.77. The second-order valence-electron chi connectivity index (χ2n) is 4.07. The van der Waals surface area contributed by atoms with Gasteiger partial charge in [0.1, 0.15) is 5.75 Å². The maximum absolute atomic E-state index is 10.8. The molecule has 0 aliphatic heterocycles. The normalized spacial score (nSPS) is 10.3. The van der Waals surface area contributed by atoms with Gasteiger partial charge in [-0.25, -0.2) is 4.79 Å². The predicted octanol–water partition coefficient (Wildman–Crippen LogP) is 4.45. The van der Waals surface area contributed by atoms with E-state index < -0.39 is 5.97 Å². The molecule has 20 heavy (non-hydrogen) atoms. The molecule has 0 atom stereocenters. The molecule has 0 saturated heterocycles. The van der Waals surface area contributed by atoms with E-state index in [2.05, 4.69) is 15.9 Å². The number of benzene rings is 2. The molecule has 0 unspecified atom stereocenters. The Labute approximate surface area is 130 Å². The van der Waals surface area contributed by atoms with E-state index >= 15 is 0 Å². The number of halogens is 1. The van der Waals surface area contributed by atoms with Crippen molar-refractivity contribution in [3.05, 3.63) is 58.1 Å². The number of hydrogen-bond acceptors (Lipinski definition) is 3. The van der Waals surface area contributed by atoms with Crippen LogP contribution in [0.3, 0.4) is 0 Å². The number of hydrogen-bond donors (Lipinski definition) is 1. The van der Waals surface area contributed by atoms with Crippen LogP contribution in [0.4, 0.5) is 0 Å². The van der Waals surface area contributed by atoms with E-state index in [-0.39, 0.29) is 0 Å². The summed E-state index contributed by atoms with van der Waals surface area (Å²) in [5.41, 5.74) is 1.39. The Kier molecular flexibility index (Phi) is 5.09. The van der Waals surface area contributed by atoms with Crippen molar-refractivity contribution in [2.45, 2.75) is 10.6 Å². The first-order chi connectivity index (χ1) is 9.60. The first-order valence-corrected chi connectivity index (χ1v) is 7.66. The van der Waals surface area contributed by atoms with Crippen molar-refractivity contribution >= 4 is 33.7 Å². The number of methoxy groups -OCH3 is 1. The molecule has 0 fully saturated rings. The van der Waals surface area contributed by atoms with Gasteiger partial charge in [0.25, 0.3) is 0 Å². The molecule has 0 bridgehead atoms. The molecule has 0 radical (unpaired) electrons. The average molecular weight is 353 g/mol. The molecular weight excluding hydrogens is 340 g/mol. The largest absolute Gasteiger partial charge is 0.496 e. The fourth-order valence-corrected chi connectivity index (χ4v) is 3.00. The SMILES string of the molecule is COc1ccc(Br)cc1CSc1ccc(C(=O)O)cc1. The van der Waals surface area contributed by atoms with Gasteiger partial charge in [0.15, 0.2) is 0 Å². The van der Waals surface area contributed by atoms with E-state index in [4.69, 9.17) is 9.84 Å². The lowest BCUT2D eigenvalue weighted by atomic mass is 10.2. The van der Waals surface area contributed by atoms with Gasteiger partial charge in [0.2, 0.25) is 0 Å². The highest BCUT2D eigenvalue weighted by molar-refractivity contribution is 9.10. The second kappa shape index (κ2) is 6.81. The predicted molar refractivity (Wildman–Crippen MR) is 83.7 cm³/mol. The van der Waals surface area contributed by atoms with E-state index in [9.17, 15) is 4.79 Å². The Morgan fingerprint density at radius 3 is 2.55 bits per heavy atom. The van der Waals surface area contributed by atoms with Crippen molar-refractivity contribution < 1.29 is 14.6 Å². The van der Waals surface area contributed by atoms with Crippen LogP contribution in [-0.4, -0.2) is 18.2 Å². The van der Waals surface area contributed by atoms with Crippen molar-refractivity contribution in [2.24, 2.45) is 0 Å². The number of thioether (sulfide) groups is 1. The third-order valence-electron chi connectivity index (χ3n) is 2.74. The Hall–Kier alpha value is -1.46. The molecule has 0 amide bonds. The first kappa shape index (κ1) is 14.9. The van der Waals surface area contributed by atoms with Gasteiger partial charge in [-0.2, -0.15) is 0 Å². The molecule has 0 spiro atoms. The van der Waals surface area contributed by atoms with E-state index in [1.165, 1.54) is 0 Å².